The first-order valence-electron chi connectivity index (χ1n) is 28.6. The summed E-state index contributed by atoms with van der Waals surface area (Å²) in [7, 11) is 1.67. The first-order valence-corrected chi connectivity index (χ1v) is 32.2. The molecule has 7 aromatic rings. The van der Waals surface area contributed by atoms with Gasteiger partial charge in [-0.2, -0.15) is 0 Å². The van der Waals surface area contributed by atoms with Crippen molar-refractivity contribution in [1.82, 2.24) is 0 Å². The summed E-state index contributed by atoms with van der Waals surface area (Å²) in [4.78, 5) is 3.10. The maximum absolute atomic E-state index is 15.1. The highest BCUT2D eigenvalue weighted by molar-refractivity contribution is 8.00. The van der Waals surface area contributed by atoms with Gasteiger partial charge in [0.1, 0.15) is 34.5 Å². The average Bonchev–Trinajstić information content (AvgIpc) is 3.50. The minimum absolute atomic E-state index is 0.139. The van der Waals surface area contributed by atoms with Crippen molar-refractivity contribution in [1.29, 1.82) is 0 Å². The molecular weight excluding hydrogens is 1150 g/mol. The van der Waals surface area contributed by atoms with Crippen molar-refractivity contribution < 1.29 is 46.7 Å². The van der Waals surface area contributed by atoms with E-state index in [-0.39, 0.29) is 29.6 Å². The highest BCUT2D eigenvalue weighted by Crippen LogP contribution is 2.56. The van der Waals surface area contributed by atoms with Gasteiger partial charge in [-0.25, -0.2) is 8.78 Å². The second-order valence-corrected chi connectivity index (χ2v) is 24.1. The number of methoxy groups -OCH3 is 1. The standard InChI is InChI=1S/C68H77Cl2F2O8S3/c1-7-19-49-27-32-64(66(40-49)73-6)79-37-33-50(20-18-36-77-56-43-54(74-8-2)42-55(44-56)75-9-3)68(35-38-78-53-28-31-62(71)63(72)45-53,47-82-58-29-30-61(70)65(46-58)76-10-4)67(83-59-26-17-21-51(69)41-59)60(34-39-81-57-24-15-12-16-25-57)48(5)80-52-22-13-11-14-23-52/h11-17,21-32,40-46,48,60,67H,7-10,18-20,33-39,47H2,1-6H3. The highest BCUT2D eigenvalue weighted by Gasteiger charge is 2.50. The lowest BCUT2D eigenvalue weighted by Crippen LogP contribution is -2.50. The Morgan fingerprint density at radius 3 is 1.94 bits per heavy atom. The van der Waals surface area contributed by atoms with Gasteiger partial charge in [0.2, 0.25) is 0 Å². The fourth-order valence-electron chi connectivity index (χ4n) is 10.1. The lowest BCUT2D eigenvalue weighted by molar-refractivity contribution is 0.0994. The second kappa shape index (κ2) is 34.4. The highest BCUT2D eigenvalue weighted by atomic mass is 35.5. The van der Waals surface area contributed by atoms with Gasteiger partial charge >= 0.3 is 0 Å². The number of aryl methyl sites for hydroxylation is 1. The predicted molar refractivity (Wildman–Crippen MR) is 339 cm³/mol. The lowest BCUT2D eigenvalue weighted by Gasteiger charge is -2.50. The van der Waals surface area contributed by atoms with E-state index in [2.05, 4.69) is 56.3 Å². The summed E-state index contributed by atoms with van der Waals surface area (Å²) in [6, 6.07) is 49.9. The summed E-state index contributed by atoms with van der Waals surface area (Å²) < 4.78 is 80.8. The largest absolute Gasteiger partial charge is 0.494 e. The normalized spacial score (nSPS) is 13.1. The zero-order valence-electron chi connectivity index (χ0n) is 48.4. The van der Waals surface area contributed by atoms with E-state index in [1.54, 1.807) is 30.6 Å². The molecule has 0 heterocycles. The van der Waals surface area contributed by atoms with Gasteiger partial charge in [-0.15, -0.1) is 35.3 Å². The van der Waals surface area contributed by atoms with Gasteiger partial charge in [0, 0.05) is 66.3 Å². The van der Waals surface area contributed by atoms with Gasteiger partial charge in [-0.3, -0.25) is 0 Å². The Labute approximate surface area is 513 Å². The summed E-state index contributed by atoms with van der Waals surface area (Å²) in [6.45, 7) is 12.4. The molecule has 15 heteroatoms. The average molecular weight is 1230 g/mol. The molecular formula is C68H77Cl2F2O8S3. The molecule has 0 spiro atoms. The van der Waals surface area contributed by atoms with Crippen LogP contribution in [0.2, 0.25) is 10.0 Å². The van der Waals surface area contributed by atoms with Crippen LogP contribution in [0.4, 0.5) is 8.78 Å². The molecule has 0 aromatic heterocycles. The number of hydrogen-bond donors (Lipinski definition) is 0. The Kier molecular flexibility index (Phi) is 26.9. The van der Waals surface area contributed by atoms with Crippen LogP contribution in [0.5, 0.6) is 46.0 Å². The molecule has 0 saturated carbocycles. The van der Waals surface area contributed by atoms with Crippen LogP contribution in [0.25, 0.3) is 0 Å². The maximum atomic E-state index is 15.1. The van der Waals surface area contributed by atoms with Crippen LogP contribution in [0.3, 0.4) is 0 Å². The van der Waals surface area contributed by atoms with Crippen molar-refractivity contribution in [3.8, 4) is 46.0 Å². The fourth-order valence-corrected chi connectivity index (χ4v) is 14.7. The maximum Gasteiger partial charge on any atom is 0.162 e. The van der Waals surface area contributed by atoms with E-state index >= 15 is 4.39 Å². The van der Waals surface area contributed by atoms with Crippen LogP contribution >= 0.6 is 58.5 Å². The first-order chi connectivity index (χ1) is 40.4. The molecule has 0 fully saturated rings. The van der Waals surface area contributed by atoms with Gasteiger partial charge in [0.25, 0.3) is 0 Å². The van der Waals surface area contributed by atoms with Gasteiger partial charge < -0.3 is 37.9 Å². The van der Waals surface area contributed by atoms with Gasteiger partial charge in [0.15, 0.2) is 23.1 Å². The van der Waals surface area contributed by atoms with Crippen LogP contribution in [-0.4, -0.2) is 69.6 Å². The Morgan fingerprint density at radius 2 is 1.25 bits per heavy atom. The zero-order chi connectivity index (χ0) is 58.8. The number of para-hydroxylation sites is 1. The minimum atomic E-state index is -0.989. The summed E-state index contributed by atoms with van der Waals surface area (Å²) in [5.74, 6) is 5.24. The van der Waals surface area contributed by atoms with Crippen molar-refractivity contribution in [2.24, 2.45) is 11.3 Å². The third kappa shape index (κ3) is 20.0. The van der Waals surface area contributed by atoms with Gasteiger partial charge in [-0.1, -0.05) is 85.1 Å². The quantitative estimate of drug-likeness (QED) is 0.0276. The van der Waals surface area contributed by atoms with Crippen LogP contribution in [0, 0.1) is 28.9 Å². The number of halogens is 4. The SMILES string of the molecule is CCCc1ccc(OCC[C](CCCOc2cc(OCC)cc(OCC)c2)C(CCOc2ccc(F)c(F)c2)(CSc2ccc(Cl)c(OCC)c2)C(Sc2cccc(Cl)c2)C(CCSc2ccccc2)C(C)Oc2ccccc2)c(OC)c1. The lowest BCUT2D eigenvalue weighted by atomic mass is 9.64. The predicted octanol–water partition coefficient (Wildman–Crippen LogP) is 19.3. The van der Waals surface area contributed by atoms with Crippen molar-refractivity contribution in [3.63, 3.8) is 0 Å². The second-order valence-electron chi connectivity index (χ2n) is 19.8. The minimum Gasteiger partial charge on any atom is -0.494 e. The van der Waals surface area contributed by atoms with Crippen molar-refractivity contribution in [2.45, 2.75) is 106 Å². The fraction of sp³-hybridized carbons (Fsp3) is 0.368. The molecule has 0 aliphatic carbocycles. The summed E-state index contributed by atoms with van der Waals surface area (Å²) in [6.07, 6.45) is 4.46. The molecule has 0 saturated heterocycles. The molecule has 443 valence electrons. The van der Waals surface area contributed by atoms with E-state index in [9.17, 15) is 4.39 Å². The number of thioether (sulfide) groups is 3. The molecule has 0 N–H and O–H groups in total. The van der Waals surface area contributed by atoms with E-state index in [0.717, 1.165) is 52.7 Å². The molecule has 1 radical (unpaired) electrons. The Hall–Kier alpha value is -5.57. The molecule has 7 aromatic carbocycles. The smallest absolute Gasteiger partial charge is 0.162 e. The summed E-state index contributed by atoms with van der Waals surface area (Å²) in [5, 5.41) is 0.855. The zero-order valence-corrected chi connectivity index (χ0v) is 52.3. The molecule has 0 aliphatic heterocycles. The van der Waals surface area contributed by atoms with E-state index in [0.29, 0.717) is 109 Å². The third-order valence-electron chi connectivity index (χ3n) is 14.0. The van der Waals surface area contributed by atoms with Gasteiger partial charge in [0.05, 0.1) is 57.9 Å². The molecule has 4 unspecified atom stereocenters. The van der Waals surface area contributed by atoms with Crippen molar-refractivity contribution >= 4 is 58.5 Å². The Bertz CT molecular complexity index is 3010. The molecule has 0 aliphatic rings. The van der Waals surface area contributed by atoms with Crippen molar-refractivity contribution in [2.75, 3.05) is 58.3 Å². The first kappa shape index (κ1) is 65.0. The number of ether oxygens (including phenoxy) is 8. The summed E-state index contributed by atoms with van der Waals surface area (Å²) >= 11 is 19.0. The topological polar surface area (TPSA) is 73.8 Å². The van der Waals surface area contributed by atoms with Crippen LogP contribution in [0.1, 0.15) is 78.7 Å². The molecule has 8 nitrogen and oxygen atoms in total. The number of rotatable bonds is 37. The molecule has 0 bridgehead atoms. The molecule has 7 rings (SSSR count). The van der Waals surface area contributed by atoms with E-state index < -0.39 is 17.0 Å². The van der Waals surface area contributed by atoms with Crippen LogP contribution in [-0.2, 0) is 6.42 Å². The number of benzene rings is 7. The molecule has 0 amide bonds. The summed E-state index contributed by atoms with van der Waals surface area (Å²) in [5.41, 5.74) is 0.382. The molecule has 83 heavy (non-hydrogen) atoms. The number of hydrogen-bond acceptors (Lipinski definition) is 11. The van der Waals surface area contributed by atoms with E-state index in [1.807, 2.05) is 130 Å². The van der Waals surface area contributed by atoms with Crippen LogP contribution < -0.4 is 37.9 Å². The van der Waals surface area contributed by atoms with Crippen molar-refractivity contribution in [3.05, 3.63) is 191 Å². The third-order valence-corrected chi connectivity index (χ3v) is 18.5. The van der Waals surface area contributed by atoms with Crippen LogP contribution in [0.15, 0.2) is 172 Å². The Morgan fingerprint density at radius 1 is 0.554 bits per heavy atom. The van der Waals surface area contributed by atoms with E-state index in [4.69, 9.17) is 61.1 Å². The monoisotopic (exact) mass is 1230 g/mol. The Balaban J connectivity index is 1.43. The van der Waals surface area contributed by atoms with E-state index in [1.165, 1.54) is 22.4 Å². The molecule has 4 atom stereocenters. The van der Waals surface area contributed by atoms with Gasteiger partial charge in [-0.05, 0) is 168 Å².